The zero-order valence-electron chi connectivity index (χ0n) is 58.6. The second kappa shape index (κ2) is 43.3. The number of H-pyrrole nitrogens is 1. The molecule has 1 aromatic heterocycles. The highest BCUT2D eigenvalue weighted by Crippen LogP contribution is 2.27. The summed E-state index contributed by atoms with van der Waals surface area (Å²) in [6.45, 7) is 6.08. The first kappa shape index (κ1) is 86.5. The highest BCUT2D eigenvalue weighted by molar-refractivity contribution is 8.77. The van der Waals surface area contributed by atoms with Crippen molar-refractivity contribution in [1.82, 2.24) is 83.6 Å². The van der Waals surface area contributed by atoms with Crippen molar-refractivity contribution in [3.8, 4) is 0 Å². The minimum atomic E-state index is -1.85. The molecule has 0 aliphatic carbocycles. The molecule has 4 fully saturated rings. The van der Waals surface area contributed by atoms with Gasteiger partial charge in [0.15, 0.2) is 0 Å². The van der Waals surface area contributed by atoms with Gasteiger partial charge in [0.05, 0.1) is 32.7 Å². The Morgan fingerprint density at radius 3 is 1.50 bits per heavy atom. The normalized spacial score (nSPS) is 29.0. The minimum absolute atomic E-state index is 0.0108. The van der Waals surface area contributed by atoms with Crippen molar-refractivity contribution in [2.75, 3.05) is 74.5 Å². The van der Waals surface area contributed by atoms with Crippen LogP contribution in [0.25, 0.3) is 0 Å². The molecule has 0 spiro atoms. The number of amides is 15. The van der Waals surface area contributed by atoms with E-state index in [1.807, 2.05) is 6.26 Å². The summed E-state index contributed by atoms with van der Waals surface area (Å²) in [5, 5.41) is 63.1. The van der Waals surface area contributed by atoms with Crippen molar-refractivity contribution in [3.05, 3.63) is 18.2 Å². The van der Waals surface area contributed by atoms with E-state index in [1.165, 1.54) is 29.2 Å². The molecule has 0 aromatic carbocycles. The van der Waals surface area contributed by atoms with Crippen molar-refractivity contribution in [3.63, 3.8) is 0 Å². The number of aromatic nitrogens is 2. The van der Waals surface area contributed by atoms with Crippen LogP contribution >= 0.6 is 54.9 Å². The topological polar surface area (TPSA) is 548 Å². The minimum Gasteiger partial charge on any atom is -0.394 e. The average Bonchev–Trinajstić information content (AvgIpc) is 1.80. The van der Waals surface area contributed by atoms with Crippen LogP contribution in [0.2, 0.25) is 0 Å². The lowest BCUT2D eigenvalue weighted by atomic mass is 9.97. The van der Waals surface area contributed by atoms with E-state index in [0.717, 1.165) is 48.1 Å². The number of nitrogens with two attached hydrogens (primary N) is 2. The summed E-state index contributed by atoms with van der Waals surface area (Å²) in [5.41, 5.74) is 11.9. The second-order valence-electron chi connectivity index (χ2n) is 25.7. The Hall–Kier alpha value is -7.15. The lowest BCUT2D eigenvalue weighted by Crippen LogP contribution is -2.62. The van der Waals surface area contributed by atoms with E-state index < -0.39 is 229 Å². The molecule has 576 valence electrons. The van der Waals surface area contributed by atoms with Crippen molar-refractivity contribution >= 4 is 144 Å². The molecule has 0 unspecified atom stereocenters. The Balaban J connectivity index is 1.65. The molecule has 0 saturated carbocycles. The van der Waals surface area contributed by atoms with Gasteiger partial charge in [0.1, 0.15) is 84.6 Å². The van der Waals surface area contributed by atoms with E-state index >= 15 is 0 Å². The number of carbonyl (C=O) groups excluding carboxylic acids is 15. The SMILES string of the molecule is CC[C@H](C)[C@@H]1NC(=O)[C@H](CO)NC(=O)[C@@H]2CSSC[C@H](NC(=O)CN)C(=O)N[C@@H](CSSC[C@@H](C(N)=O)NC(=O)[C@H]([C@@H](C)CC)NC(=O)[C@@H]3CCCN3C(=O)[C@H](CO)NC(=O)[C@H](CCCSC)NC1=O)C(=O)N[C@@H](CO)C(=O)N[C@@H](Cc1cnc[nH]1)C(=O)N1CCC[C@H]1C(=O)N[C@@H](C(C)C)C(=O)N2. The molecule has 1 aromatic rings. The van der Waals surface area contributed by atoms with Gasteiger partial charge in [-0.05, 0) is 68.3 Å². The van der Waals surface area contributed by atoms with Crippen molar-refractivity contribution in [2.24, 2.45) is 29.2 Å². The predicted molar refractivity (Wildman–Crippen MR) is 386 cm³/mol. The Kier molecular flexibility index (Phi) is 36.4. The number of thioether (sulfide) groups is 1. The molecule has 41 heteroatoms. The predicted octanol–water partition coefficient (Wildman–Crippen LogP) is -6.15. The standard InChI is InChI=1S/C62H100N18O18S5/c1-8-31(5)47-59(95)68-34(13-12-18-99-7)50(86)72-38(24-83)62(98)80-17-11-15-44(80)57(93)78-48(32(6)9-2)60(96)73-39(49(64)85)25-100-102-27-41-54(90)70-36(22-81)51(87)69-35(19-33-21-65-29-66-33)61(97)79-16-10-14-43(79)56(92)76-46(30(3)4)58(94)75-42(55(91)71-37(23-82)52(88)77-47)28-103-101-26-40(53(89)74-41)67-45(84)20-63/h21,29-32,34-44,46-48,81-83H,8-20,22-28,63H2,1-7H3,(H2,64,85)(H,65,66)(H,67,84)(H,68,95)(H,69,87)(H,70,90)(H,71,91)(H,72,86)(H,73,96)(H,74,89)(H,75,94)(H,76,92)(H,77,88)(H,78,93)/t31-,32-,34-,35-,36-,37-,38-,39-,40-,41-,42-,43-,44-,46-,47-,48-/m0/s1. The van der Waals surface area contributed by atoms with Gasteiger partial charge in [0.2, 0.25) is 88.6 Å². The molecular formula is C62H100N18O18S5. The Morgan fingerprint density at radius 1 is 0.563 bits per heavy atom. The molecule has 103 heavy (non-hydrogen) atoms. The number of imidazole rings is 1. The molecule has 5 rings (SSSR count). The van der Waals surface area contributed by atoms with Crippen LogP contribution in [-0.4, -0.2) is 283 Å². The number of nitrogens with one attached hydrogen (secondary N) is 13. The molecule has 20 N–H and O–H groups in total. The number of primary amides is 1. The van der Waals surface area contributed by atoms with E-state index in [-0.39, 0.29) is 69.5 Å². The Labute approximate surface area is 616 Å². The molecule has 0 radical (unpaired) electrons. The second-order valence-corrected chi connectivity index (χ2v) is 31.8. The molecule has 4 saturated heterocycles. The Morgan fingerprint density at radius 2 is 1.01 bits per heavy atom. The summed E-state index contributed by atoms with van der Waals surface area (Å²) in [5.74, 6) is -17.2. The molecule has 15 amide bonds. The quantitative estimate of drug-likeness (QED) is 0.0510. The summed E-state index contributed by atoms with van der Waals surface area (Å²) in [6.07, 6.45) is 5.86. The van der Waals surface area contributed by atoms with Gasteiger partial charge in [-0.25, -0.2) is 4.98 Å². The monoisotopic (exact) mass is 1540 g/mol. The fourth-order valence-electron chi connectivity index (χ4n) is 11.4. The molecule has 16 atom stereocenters. The van der Waals surface area contributed by atoms with Crippen LogP contribution in [0.4, 0.5) is 0 Å². The van der Waals surface area contributed by atoms with Crippen LogP contribution in [-0.2, 0) is 78.3 Å². The maximum absolute atomic E-state index is 14.8. The molecule has 4 aliphatic heterocycles. The summed E-state index contributed by atoms with van der Waals surface area (Å²) >= 11 is 1.44. The first-order valence-corrected chi connectivity index (χ1v) is 40.4. The lowest BCUT2D eigenvalue weighted by Gasteiger charge is -2.32. The average molecular weight is 1550 g/mol. The van der Waals surface area contributed by atoms with Crippen molar-refractivity contribution < 1.29 is 87.2 Å². The summed E-state index contributed by atoms with van der Waals surface area (Å²) in [6, 6.07) is -21.3. The lowest BCUT2D eigenvalue weighted by molar-refractivity contribution is -0.143. The number of aromatic amines is 1. The van der Waals surface area contributed by atoms with Crippen molar-refractivity contribution in [1.29, 1.82) is 0 Å². The van der Waals surface area contributed by atoms with Crippen LogP contribution in [0.3, 0.4) is 0 Å². The zero-order valence-corrected chi connectivity index (χ0v) is 62.7. The van der Waals surface area contributed by atoms with Crippen LogP contribution in [0.15, 0.2) is 12.5 Å². The fraction of sp³-hybridized carbons (Fsp3) is 0.710. The van der Waals surface area contributed by atoms with Gasteiger partial charge in [-0.3, -0.25) is 71.9 Å². The number of fused-ring (bicyclic) bond motifs is 10. The summed E-state index contributed by atoms with van der Waals surface area (Å²) in [4.78, 5) is 224. The Bertz CT molecular complexity index is 3130. The summed E-state index contributed by atoms with van der Waals surface area (Å²) < 4.78 is 0. The van der Waals surface area contributed by atoms with Gasteiger partial charge in [-0.1, -0.05) is 97.6 Å². The van der Waals surface area contributed by atoms with E-state index in [9.17, 15) is 87.2 Å². The van der Waals surface area contributed by atoms with Crippen LogP contribution < -0.4 is 75.3 Å². The number of rotatable bonds is 17. The van der Waals surface area contributed by atoms with Gasteiger partial charge in [0.25, 0.3) is 0 Å². The smallest absolute Gasteiger partial charge is 0.248 e. The molecule has 36 nitrogen and oxygen atoms in total. The fourth-order valence-corrected chi connectivity index (χ4v) is 16.5. The number of nitrogens with zero attached hydrogens (tertiary/aromatic N) is 3. The van der Waals surface area contributed by atoms with Gasteiger partial charge in [-0.15, -0.1) is 0 Å². The zero-order chi connectivity index (χ0) is 76.2. The first-order valence-electron chi connectivity index (χ1n) is 34.1. The van der Waals surface area contributed by atoms with E-state index in [0.29, 0.717) is 24.3 Å². The molecular weight excluding hydrogens is 1450 g/mol. The molecule has 5 heterocycles. The third kappa shape index (κ3) is 25.6. The van der Waals surface area contributed by atoms with Gasteiger partial charge >= 0.3 is 0 Å². The third-order valence-electron chi connectivity index (χ3n) is 17.9. The highest BCUT2D eigenvalue weighted by Gasteiger charge is 2.44. The first-order chi connectivity index (χ1) is 49.1. The molecule has 4 aliphatic rings. The van der Waals surface area contributed by atoms with Gasteiger partial charge in [-0.2, -0.15) is 11.8 Å². The van der Waals surface area contributed by atoms with E-state index in [2.05, 4.69) is 73.8 Å². The summed E-state index contributed by atoms with van der Waals surface area (Å²) in [7, 11) is 3.45. The number of hydrogen-bond acceptors (Lipinski definition) is 25. The van der Waals surface area contributed by atoms with E-state index in [1.54, 1.807) is 41.5 Å². The van der Waals surface area contributed by atoms with Crippen LogP contribution in [0, 0.1) is 17.8 Å². The highest BCUT2D eigenvalue weighted by atomic mass is 33.1. The maximum atomic E-state index is 14.8. The van der Waals surface area contributed by atoms with Gasteiger partial charge < -0.3 is 105 Å². The largest absolute Gasteiger partial charge is 0.394 e. The van der Waals surface area contributed by atoms with Crippen LogP contribution in [0.1, 0.15) is 98.6 Å². The number of hydrogen-bond donors (Lipinski definition) is 18. The number of aliphatic hydroxyl groups excluding tert-OH is 3. The number of aliphatic hydroxyl groups is 3. The third-order valence-corrected chi connectivity index (χ3v) is 23.4. The number of carbonyl (C=O) groups is 15. The van der Waals surface area contributed by atoms with E-state index in [4.69, 9.17) is 11.5 Å². The maximum Gasteiger partial charge on any atom is 0.248 e. The van der Waals surface area contributed by atoms with Crippen molar-refractivity contribution in [2.45, 2.75) is 184 Å². The van der Waals surface area contributed by atoms with Gasteiger partial charge in [0, 0.05) is 54.4 Å². The van der Waals surface area contributed by atoms with Crippen LogP contribution in [0.5, 0.6) is 0 Å². The molecule has 2 bridgehead atoms.